The number of anilines is 1. The molecule has 0 radical (unpaired) electrons. The summed E-state index contributed by atoms with van der Waals surface area (Å²) in [4.78, 5) is 27.6. The van der Waals surface area contributed by atoms with Gasteiger partial charge in [-0.15, -0.1) is 0 Å². The number of rotatable bonds is 2. The van der Waals surface area contributed by atoms with Gasteiger partial charge in [-0.3, -0.25) is 4.79 Å². The predicted molar refractivity (Wildman–Crippen MR) is 97.5 cm³/mol. The van der Waals surface area contributed by atoms with Gasteiger partial charge in [0.15, 0.2) is 0 Å². The van der Waals surface area contributed by atoms with E-state index in [9.17, 15) is 9.59 Å². The van der Waals surface area contributed by atoms with Crippen molar-refractivity contribution in [3.05, 3.63) is 29.8 Å². The van der Waals surface area contributed by atoms with Crippen LogP contribution < -0.4 is 5.32 Å². The number of carbonyl (C=O) groups is 2. The summed E-state index contributed by atoms with van der Waals surface area (Å²) in [7, 11) is 0. The van der Waals surface area contributed by atoms with Crippen LogP contribution in [0.2, 0.25) is 0 Å². The third-order valence-electron chi connectivity index (χ3n) is 5.08. The zero-order valence-corrected chi connectivity index (χ0v) is 15.8. The summed E-state index contributed by atoms with van der Waals surface area (Å²) in [5.74, 6) is 0.371. The van der Waals surface area contributed by atoms with E-state index in [0.717, 1.165) is 17.7 Å². The molecular weight excluding hydrogens is 316 g/mol. The lowest BCUT2D eigenvalue weighted by atomic mass is 9.72. The number of fused-ring (bicyclic) bond motifs is 2. The van der Waals surface area contributed by atoms with E-state index in [2.05, 4.69) is 19.2 Å². The molecule has 1 N–H and O–H groups in total. The Morgan fingerprint density at radius 3 is 2.68 bits per heavy atom. The fourth-order valence-electron chi connectivity index (χ4n) is 4.12. The second-order valence-electron chi connectivity index (χ2n) is 8.54. The Morgan fingerprint density at radius 1 is 1.36 bits per heavy atom. The summed E-state index contributed by atoms with van der Waals surface area (Å²) in [6.45, 7) is 10.4. The van der Waals surface area contributed by atoms with Crippen molar-refractivity contribution in [1.29, 1.82) is 0 Å². The fraction of sp³-hybridized carbons (Fsp3) is 0.600. The molecule has 2 aliphatic heterocycles. The highest BCUT2D eigenvalue weighted by Crippen LogP contribution is 2.49. The highest BCUT2D eigenvalue weighted by atomic mass is 16.6. The zero-order valence-electron chi connectivity index (χ0n) is 15.8. The zero-order chi connectivity index (χ0) is 18.4. The molecular formula is C20H28N2O3. The van der Waals surface area contributed by atoms with E-state index >= 15 is 0 Å². The van der Waals surface area contributed by atoms with Gasteiger partial charge >= 0.3 is 6.09 Å². The maximum atomic E-state index is 13.0. The van der Waals surface area contributed by atoms with Crippen LogP contribution in [-0.4, -0.2) is 35.1 Å². The molecule has 2 amide bonds. The lowest BCUT2D eigenvalue weighted by molar-refractivity contribution is -0.121. The number of hydrogen-bond donors (Lipinski definition) is 1. The quantitative estimate of drug-likeness (QED) is 0.884. The molecule has 2 atom stereocenters. The molecule has 1 aromatic rings. The average Bonchev–Trinajstić information content (AvgIpc) is 2.98. The molecule has 1 saturated heterocycles. The van der Waals surface area contributed by atoms with Crippen LogP contribution in [0.25, 0.3) is 0 Å². The van der Waals surface area contributed by atoms with Gasteiger partial charge in [0, 0.05) is 12.2 Å². The van der Waals surface area contributed by atoms with Crippen molar-refractivity contribution >= 4 is 17.7 Å². The number of carbonyl (C=O) groups excluding carboxylic acids is 2. The molecule has 136 valence electrons. The lowest BCUT2D eigenvalue weighted by Gasteiger charge is -2.35. The molecule has 0 bridgehead atoms. The van der Waals surface area contributed by atoms with Crippen LogP contribution in [0.4, 0.5) is 10.5 Å². The normalized spacial score (nSPS) is 25.4. The number of para-hydroxylation sites is 1. The Kier molecular flexibility index (Phi) is 4.30. The van der Waals surface area contributed by atoms with Crippen molar-refractivity contribution < 1.29 is 14.3 Å². The molecule has 5 heteroatoms. The second-order valence-corrected chi connectivity index (χ2v) is 8.54. The van der Waals surface area contributed by atoms with Gasteiger partial charge in [0.05, 0.1) is 11.5 Å². The predicted octanol–water partition coefficient (Wildman–Crippen LogP) is 3.93. The van der Waals surface area contributed by atoms with Crippen LogP contribution in [0.5, 0.6) is 0 Å². The molecule has 5 nitrogen and oxygen atoms in total. The molecule has 1 aromatic carbocycles. The van der Waals surface area contributed by atoms with Crippen molar-refractivity contribution in [1.82, 2.24) is 4.90 Å². The topological polar surface area (TPSA) is 58.6 Å². The minimum Gasteiger partial charge on any atom is -0.444 e. The van der Waals surface area contributed by atoms with E-state index in [1.807, 2.05) is 45.0 Å². The Bertz CT molecular complexity index is 692. The molecule has 25 heavy (non-hydrogen) atoms. The van der Waals surface area contributed by atoms with Crippen LogP contribution in [0.1, 0.15) is 53.0 Å². The van der Waals surface area contributed by atoms with Gasteiger partial charge < -0.3 is 15.0 Å². The van der Waals surface area contributed by atoms with Gasteiger partial charge in [-0.05, 0) is 51.2 Å². The van der Waals surface area contributed by atoms with Gasteiger partial charge in [-0.2, -0.15) is 0 Å². The molecule has 0 aromatic heterocycles. The molecule has 2 aliphatic rings. The van der Waals surface area contributed by atoms with E-state index in [0.29, 0.717) is 18.9 Å². The van der Waals surface area contributed by atoms with E-state index in [-0.39, 0.29) is 18.0 Å². The molecule has 3 rings (SSSR count). The van der Waals surface area contributed by atoms with Gasteiger partial charge in [0.25, 0.3) is 0 Å². The highest BCUT2D eigenvalue weighted by molar-refractivity contribution is 6.07. The number of nitrogens with zero attached hydrogens (tertiary/aromatic N) is 1. The van der Waals surface area contributed by atoms with Crippen molar-refractivity contribution in [2.75, 3.05) is 11.9 Å². The Labute approximate surface area is 149 Å². The smallest absolute Gasteiger partial charge is 0.410 e. The molecule has 1 spiro atoms. The largest absolute Gasteiger partial charge is 0.444 e. The van der Waals surface area contributed by atoms with E-state index in [1.54, 1.807) is 4.90 Å². The summed E-state index contributed by atoms with van der Waals surface area (Å²) in [5.41, 5.74) is 0.659. The molecule has 0 aliphatic carbocycles. The van der Waals surface area contributed by atoms with Crippen molar-refractivity contribution in [3.63, 3.8) is 0 Å². The second kappa shape index (κ2) is 6.04. The Hall–Kier alpha value is -2.04. The maximum absolute atomic E-state index is 13.0. The van der Waals surface area contributed by atoms with E-state index in [1.165, 1.54) is 0 Å². The summed E-state index contributed by atoms with van der Waals surface area (Å²) < 4.78 is 5.61. The van der Waals surface area contributed by atoms with Crippen molar-refractivity contribution in [2.45, 2.75) is 64.5 Å². The average molecular weight is 344 g/mol. The highest BCUT2D eigenvalue weighted by Gasteiger charge is 2.59. The van der Waals surface area contributed by atoms with Crippen molar-refractivity contribution in [3.8, 4) is 0 Å². The standard InChI is InChI=1S/C20H28N2O3/c1-13(2)12-16-20(10-11-22(16)18(24)25-19(3,4)5)14-8-6-7-9-15(14)21-17(20)23/h6-9,13,16H,10-12H2,1-5H3,(H,21,23)/t16-,20+/m1/s1. The van der Waals surface area contributed by atoms with Gasteiger partial charge in [-0.1, -0.05) is 32.0 Å². The summed E-state index contributed by atoms with van der Waals surface area (Å²) in [6, 6.07) is 7.65. The fourth-order valence-corrected chi connectivity index (χ4v) is 4.12. The molecule has 1 fully saturated rings. The third-order valence-corrected chi connectivity index (χ3v) is 5.08. The monoisotopic (exact) mass is 344 g/mol. The van der Waals surface area contributed by atoms with Gasteiger partial charge in [-0.25, -0.2) is 4.79 Å². The Morgan fingerprint density at radius 2 is 2.04 bits per heavy atom. The third kappa shape index (κ3) is 3.00. The molecule has 0 unspecified atom stereocenters. The van der Waals surface area contributed by atoms with E-state index < -0.39 is 11.0 Å². The van der Waals surface area contributed by atoms with Crippen LogP contribution >= 0.6 is 0 Å². The molecule has 2 heterocycles. The first-order valence-electron chi connectivity index (χ1n) is 9.06. The first kappa shape index (κ1) is 17.8. The van der Waals surface area contributed by atoms with Crippen LogP contribution in [0, 0.1) is 5.92 Å². The molecule has 0 saturated carbocycles. The number of hydrogen-bond acceptors (Lipinski definition) is 3. The van der Waals surface area contributed by atoms with Crippen LogP contribution in [0.15, 0.2) is 24.3 Å². The maximum Gasteiger partial charge on any atom is 0.410 e. The van der Waals surface area contributed by atoms with Crippen LogP contribution in [0.3, 0.4) is 0 Å². The number of likely N-dealkylation sites (tertiary alicyclic amines) is 1. The van der Waals surface area contributed by atoms with Crippen LogP contribution in [-0.2, 0) is 14.9 Å². The van der Waals surface area contributed by atoms with E-state index in [4.69, 9.17) is 4.74 Å². The lowest BCUT2D eigenvalue weighted by Crippen LogP contribution is -2.50. The minimum absolute atomic E-state index is 0.00501. The first-order chi connectivity index (χ1) is 11.6. The Balaban J connectivity index is 2.01. The van der Waals surface area contributed by atoms with Crippen molar-refractivity contribution in [2.24, 2.45) is 5.92 Å². The van der Waals surface area contributed by atoms with Gasteiger partial charge in [0.1, 0.15) is 5.60 Å². The summed E-state index contributed by atoms with van der Waals surface area (Å²) >= 11 is 0. The number of ether oxygens (including phenoxy) is 1. The summed E-state index contributed by atoms with van der Waals surface area (Å²) in [6.07, 6.45) is 1.07. The van der Waals surface area contributed by atoms with Gasteiger partial charge in [0.2, 0.25) is 5.91 Å². The number of nitrogens with one attached hydrogen (secondary N) is 1. The first-order valence-corrected chi connectivity index (χ1v) is 9.06. The number of benzene rings is 1. The summed E-state index contributed by atoms with van der Waals surface area (Å²) in [5, 5.41) is 3.02. The number of amides is 2. The SMILES string of the molecule is CC(C)C[C@H]1N(C(=O)OC(C)(C)C)CC[C@@]12C(=O)Nc1ccccc12. The minimum atomic E-state index is -0.669.